The van der Waals surface area contributed by atoms with Gasteiger partial charge in [0, 0.05) is 6.42 Å². The Labute approximate surface area is 116 Å². The van der Waals surface area contributed by atoms with E-state index in [0.29, 0.717) is 17.9 Å². The molecule has 1 aliphatic rings. The van der Waals surface area contributed by atoms with Gasteiger partial charge in [-0.2, -0.15) is 0 Å². The number of benzene rings is 1. The van der Waals surface area contributed by atoms with Crippen LogP contribution in [0.3, 0.4) is 0 Å². The number of nitro benzene ring substituents is 1. The van der Waals surface area contributed by atoms with E-state index in [0.717, 1.165) is 12.8 Å². The van der Waals surface area contributed by atoms with Crippen molar-refractivity contribution in [1.29, 1.82) is 0 Å². The molecule has 0 amide bonds. The van der Waals surface area contributed by atoms with E-state index in [-0.39, 0.29) is 18.0 Å². The monoisotopic (exact) mass is 277 g/mol. The number of aliphatic hydroxyl groups excluding tert-OH is 1. The Bertz CT molecular complexity index is 573. The normalized spacial score (nSPS) is 13.5. The Morgan fingerprint density at radius 1 is 1.45 bits per heavy atom. The van der Waals surface area contributed by atoms with Gasteiger partial charge in [0.2, 0.25) is 6.79 Å². The fourth-order valence-electron chi connectivity index (χ4n) is 1.84. The summed E-state index contributed by atoms with van der Waals surface area (Å²) >= 11 is 0. The Hall–Kier alpha value is -2.26. The second-order valence-electron chi connectivity index (χ2n) is 4.35. The van der Waals surface area contributed by atoms with Gasteiger partial charge in [0.15, 0.2) is 11.5 Å². The van der Waals surface area contributed by atoms with Crippen LogP contribution in [0.1, 0.15) is 37.9 Å². The first-order valence-corrected chi connectivity index (χ1v) is 6.38. The van der Waals surface area contributed by atoms with Gasteiger partial charge in [-0.3, -0.25) is 10.1 Å². The molecule has 2 rings (SSSR count). The van der Waals surface area contributed by atoms with E-state index < -0.39 is 11.0 Å². The van der Waals surface area contributed by atoms with Gasteiger partial charge in [0.25, 0.3) is 5.69 Å². The maximum Gasteiger partial charge on any atom is 0.280 e. The lowest BCUT2D eigenvalue weighted by Crippen LogP contribution is -2.00. The number of nitro groups is 1. The molecule has 1 aliphatic heterocycles. The Morgan fingerprint density at radius 3 is 2.80 bits per heavy atom. The topological polar surface area (TPSA) is 81.8 Å². The lowest BCUT2D eigenvalue weighted by molar-refractivity contribution is -0.386. The van der Waals surface area contributed by atoms with E-state index in [4.69, 9.17) is 9.47 Å². The number of nitrogens with zero attached hydrogens (tertiary/aromatic N) is 1. The largest absolute Gasteiger partial charge is 0.454 e. The molecule has 0 radical (unpaired) electrons. The zero-order chi connectivity index (χ0) is 14.5. The third-order valence-electron chi connectivity index (χ3n) is 2.91. The van der Waals surface area contributed by atoms with Gasteiger partial charge in [-0.15, -0.1) is 5.92 Å². The van der Waals surface area contributed by atoms with Gasteiger partial charge < -0.3 is 14.6 Å². The van der Waals surface area contributed by atoms with Crippen molar-refractivity contribution < 1.29 is 19.5 Å². The fourth-order valence-corrected chi connectivity index (χ4v) is 1.84. The number of hydrogen-bond donors (Lipinski definition) is 1. The second kappa shape index (κ2) is 6.26. The lowest BCUT2D eigenvalue weighted by atomic mass is 10.1. The highest BCUT2D eigenvalue weighted by molar-refractivity contribution is 5.57. The Balaban J connectivity index is 2.29. The fraction of sp³-hybridized carbons (Fsp3) is 0.429. The highest BCUT2D eigenvalue weighted by Crippen LogP contribution is 2.39. The molecule has 0 aliphatic carbocycles. The van der Waals surface area contributed by atoms with Crippen LogP contribution in [0.15, 0.2) is 12.1 Å². The molecule has 1 aromatic carbocycles. The van der Waals surface area contributed by atoms with E-state index in [1.807, 2.05) is 6.92 Å². The summed E-state index contributed by atoms with van der Waals surface area (Å²) in [5, 5.41) is 21.1. The molecular formula is C14H15NO5. The van der Waals surface area contributed by atoms with Crippen LogP contribution in [0.2, 0.25) is 0 Å². The molecule has 0 saturated heterocycles. The van der Waals surface area contributed by atoms with Crippen LogP contribution in [-0.2, 0) is 0 Å². The summed E-state index contributed by atoms with van der Waals surface area (Å²) in [6, 6.07) is 2.67. The van der Waals surface area contributed by atoms with Crippen molar-refractivity contribution in [3.05, 3.63) is 27.8 Å². The zero-order valence-corrected chi connectivity index (χ0v) is 11.1. The van der Waals surface area contributed by atoms with Crippen molar-refractivity contribution in [2.24, 2.45) is 0 Å². The van der Waals surface area contributed by atoms with E-state index in [9.17, 15) is 15.2 Å². The van der Waals surface area contributed by atoms with Crippen LogP contribution in [0.25, 0.3) is 0 Å². The number of rotatable bonds is 4. The minimum absolute atomic E-state index is 0.0220. The zero-order valence-electron chi connectivity index (χ0n) is 11.1. The number of ether oxygens (including phenoxy) is 2. The lowest BCUT2D eigenvalue weighted by Gasteiger charge is -2.06. The van der Waals surface area contributed by atoms with Gasteiger partial charge in [-0.25, -0.2) is 0 Å². The molecule has 1 atom stereocenters. The molecule has 0 spiro atoms. The van der Waals surface area contributed by atoms with E-state index >= 15 is 0 Å². The van der Waals surface area contributed by atoms with Crippen LogP contribution in [0.5, 0.6) is 11.5 Å². The van der Waals surface area contributed by atoms with Gasteiger partial charge >= 0.3 is 0 Å². The predicted octanol–water partition coefficient (Wildman–Crippen LogP) is 2.55. The summed E-state index contributed by atoms with van der Waals surface area (Å²) in [6.45, 7) is 2.06. The molecule has 0 aromatic heterocycles. The molecule has 6 nitrogen and oxygen atoms in total. The Kier molecular flexibility index (Phi) is 4.43. The summed E-state index contributed by atoms with van der Waals surface area (Å²) in [5.41, 5.74) is -0.0882. The van der Waals surface area contributed by atoms with E-state index in [1.165, 1.54) is 12.1 Å². The standard InChI is InChI=1S/C14H15NO5/c1-2-3-4-5-6-12(16)10-7-13-14(20-9-19-13)8-11(10)15(17)18/h7-8,12,16H,2-4,9H2,1H3. The van der Waals surface area contributed by atoms with Crippen LogP contribution in [0.4, 0.5) is 5.69 Å². The van der Waals surface area contributed by atoms with Crippen LogP contribution in [0, 0.1) is 22.0 Å². The first-order valence-electron chi connectivity index (χ1n) is 6.38. The summed E-state index contributed by atoms with van der Waals surface area (Å²) < 4.78 is 10.3. The number of unbranched alkanes of at least 4 members (excludes halogenated alkanes) is 2. The minimum atomic E-state index is -1.21. The predicted molar refractivity (Wildman–Crippen MR) is 71.5 cm³/mol. The van der Waals surface area contributed by atoms with Gasteiger partial charge in [0.1, 0.15) is 6.10 Å². The summed E-state index contributed by atoms with van der Waals surface area (Å²) in [6.07, 6.45) is 1.39. The molecule has 0 bridgehead atoms. The van der Waals surface area contributed by atoms with Crippen LogP contribution in [-0.4, -0.2) is 16.8 Å². The first kappa shape index (κ1) is 14.2. The molecule has 106 valence electrons. The van der Waals surface area contributed by atoms with Gasteiger partial charge in [-0.05, 0) is 12.5 Å². The molecule has 20 heavy (non-hydrogen) atoms. The van der Waals surface area contributed by atoms with E-state index in [1.54, 1.807) is 0 Å². The van der Waals surface area contributed by atoms with Crippen LogP contribution >= 0.6 is 0 Å². The number of aliphatic hydroxyl groups is 1. The summed E-state index contributed by atoms with van der Waals surface area (Å²) in [5.74, 6) is 6.15. The van der Waals surface area contributed by atoms with Crippen LogP contribution < -0.4 is 9.47 Å². The highest BCUT2D eigenvalue weighted by atomic mass is 16.7. The first-order chi connectivity index (χ1) is 9.63. The van der Waals surface area contributed by atoms with Gasteiger partial charge in [0.05, 0.1) is 16.6 Å². The number of fused-ring (bicyclic) bond motifs is 1. The number of hydrogen-bond acceptors (Lipinski definition) is 5. The molecule has 6 heteroatoms. The maximum absolute atomic E-state index is 11.1. The van der Waals surface area contributed by atoms with E-state index in [2.05, 4.69) is 11.8 Å². The quantitative estimate of drug-likeness (QED) is 0.396. The molecule has 1 heterocycles. The van der Waals surface area contributed by atoms with Gasteiger partial charge in [-0.1, -0.05) is 19.3 Å². The Morgan fingerprint density at radius 2 is 2.15 bits per heavy atom. The third kappa shape index (κ3) is 3.00. The third-order valence-corrected chi connectivity index (χ3v) is 2.91. The molecule has 1 N–H and O–H groups in total. The van der Waals surface area contributed by atoms with Crippen molar-refractivity contribution in [3.8, 4) is 23.3 Å². The summed E-state index contributed by atoms with van der Waals surface area (Å²) in [4.78, 5) is 10.5. The van der Waals surface area contributed by atoms with Crippen molar-refractivity contribution in [1.82, 2.24) is 0 Å². The molecule has 1 aromatic rings. The SMILES string of the molecule is CCCCC#CC(O)c1cc2c(cc1[N+](=O)[O-])OCO2. The smallest absolute Gasteiger partial charge is 0.280 e. The molecular weight excluding hydrogens is 262 g/mol. The van der Waals surface area contributed by atoms with Crippen molar-refractivity contribution in [2.75, 3.05) is 6.79 Å². The van der Waals surface area contributed by atoms with Crippen molar-refractivity contribution >= 4 is 5.69 Å². The molecule has 0 saturated carbocycles. The molecule has 1 unspecified atom stereocenters. The maximum atomic E-state index is 11.1. The minimum Gasteiger partial charge on any atom is -0.454 e. The summed E-state index contributed by atoms with van der Waals surface area (Å²) in [7, 11) is 0. The average molecular weight is 277 g/mol. The second-order valence-corrected chi connectivity index (χ2v) is 4.35. The molecule has 0 fully saturated rings. The average Bonchev–Trinajstić information content (AvgIpc) is 2.89. The van der Waals surface area contributed by atoms with Crippen molar-refractivity contribution in [2.45, 2.75) is 32.3 Å². The van der Waals surface area contributed by atoms with Crippen molar-refractivity contribution in [3.63, 3.8) is 0 Å². The highest BCUT2D eigenvalue weighted by Gasteiger charge is 2.26.